The van der Waals surface area contributed by atoms with E-state index in [-0.39, 0.29) is 21.9 Å². The third-order valence-electron chi connectivity index (χ3n) is 6.35. The highest BCUT2D eigenvalue weighted by Crippen LogP contribution is 2.52. The molecule has 0 aliphatic heterocycles. The maximum atomic E-state index is 14.0. The molecule has 5 nitrogen and oxygen atoms in total. The quantitative estimate of drug-likeness (QED) is 0.177. The standard InChI is InChI=1S/C27H21F4NO4S2/c1-36-26(33)18-9-11-19(12-10-18)38(34,35)32(15-16-6-13-22(28)21(14-16)27(29,30)31)25-24(17-7-8-17)20-4-2-3-5-23(20)37-25/h2-6,9-14,17H,7-8,15H2,1H3. The van der Waals surface area contributed by atoms with Gasteiger partial charge in [-0.2, -0.15) is 13.2 Å². The van der Waals surface area contributed by atoms with Gasteiger partial charge in [-0.1, -0.05) is 24.3 Å². The molecule has 1 aliphatic carbocycles. The number of sulfonamides is 1. The molecule has 1 saturated carbocycles. The van der Waals surface area contributed by atoms with Gasteiger partial charge >= 0.3 is 12.1 Å². The van der Waals surface area contributed by atoms with Gasteiger partial charge in [0.2, 0.25) is 0 Å². The van der Waals surface area contributed by atoms with E-state index in [9.17, 15) is 30.8 Å². The predicted octanol–water partition coefficient (Wildman–Crippen LogP) is 7.12. The molecule has 38 heavy (non-hydrogen) atoms. The summed E-state index contributed by atoms with van der Waals surface area (Å²) in [4.78, 5) is 11.7. The fourth-order valence-corrected chi connectivity index (χ4v) is 7.30. The van der Waals surface area contributed by atoms with Crippen LogP contribution in [0.25, 0.3) is 10.1 Å². The van der Waals surface area contributed by atoms with Gasteiger partial charge in [0.1, 0.15) is 10.8 Å². The molecule has 1 aromatic heterocycles. The van der Waals surface area contributed by atoms with E-state index in [0.717, 1.165) is 38.9 Å². The van der Waals surface area contributed by atoms with E-state index in [1.165, 1.54) is 42.7 Å². The van der Waals surface area contributed by atoms with Crippen molar-refractivity contribution in [1.82, 2.24) is 0 Å². The highest BCUT2D eigenvalue weighted by Gasteiger charge is 2.37. The van der Waals surface area contributed by atoms with Crippen LogP contribution in [0.5, 0.6) is 0 Å². The largest absolute Gasteiger partial charge is 0.465 e. The molecule has 0 bridgehead atoms. The lowest BCUT2D eigenvalue weighted by molar-refractivity contribution is -0.140. The molecule has 0 spiro atoms. The van der Waals surface area contributed by atoms with Crippen LogP contribution in [0.3, 0.4) is 0 Å². The zero-order valence-electron chi connectivity index (χ0n) is 20.0. The first-order valence-electron chi connectivity index (χ1n) is 11.6. The highest BCUT2D eigenvalue weighted by atomic mass is 32.2. The smallest absolute Gasteiger partial charge is 0.419 e. The third kappa shape index (κ3) is 4.88. The highest BCUT2D eigenvalue weighted by molar-refractivity contribution is 7.93. The Labute approximate surface area is 220 Å². The van der Waals surface area contributed by atoms with Crippen LogP contribution in [0.2, 0.25) is 0 Å². The Balaban J connectivity index is 1.67. The van der Waals surface area contributed by atoms with E-state index in [2.05, 4.69) is 4.74 Å². The Morgan fingerprint density at radius 3 is 2.37 bits per heavy atom. The Hall–Kier alpha value is -3.44. The van der Waals surface area contributed by atoms with Crippen LogP contribution in [0.4, 0.5) is 22.6 Å². The number of alkyl halides is 3. The maximum absolute atomic E-state index is 14.0. The Kier molecular flexibility index (Phi) is 6.68. The average Bonchev–Trinajstić information content (AvgIpc) is 3.66. The van der Waals surface area contributed by atoms with Crippen molar-refractivity contribution in [3.63, 3.8) is 0 Å². The summed E-state index contributed by atoms with van der Waals surface area (Å²) in [5, 5.41) is 1.30. The van der Waals surface area contributed by atoms with Gasteiger partial charge in [0.25, 0.3) is 10.0 Å². The Morgan fingerprint density at radius 1 is 1.05 bits per heavy atom. The number of methoxy groups -OCH3 is 1. The van der Waals surface area contributed by atoms with Crippen LogP contribution in [-0.4, -0.2) is 21.5 Å². The van der Waals surface area contributed by atoms with Crippen LogP contribution < -0.4 is 4.31 Å². The number of hydrogen-bond acceptors (Lipinski definition) is 5. The zero-order valence-corrected chi connectivity index (χ0v) is 21.6. The van der Waals surface area contributed by atoms with Gasteiger partial charge in [0.15, 0.2) is 0 Å². The van der Waals surface area contributed by atoms with E-state index in [1.54, 1.807) is 0 Å². The number of nitrogens with zero attached hydrogens (tertiary/aromatic N) is 1. The second-order valence-electron chi connectivity index (χ2n) is 8.93. The van der Waals surface area contributed by atoms with Gasteiger partial charge < -0.3 is 4.74 Å². The molecule has 4 aromatic rings. The van der Waals surface area contributed by atoms with E-state index in [1.807, 2.05) is 24.3 Å². The van der Waals surface area contributed by atoms with Crippen LogP contribution >= 0.6 is 11.3 Å². The van der Waals surface area contributed by atoms with E-state index < -0.39 is 40.1 Å². The first kappa shape index (κ1) is 26.2. The first-order valence-corrected chi connectivity index (χ1v) is 13.8. The van der Waals surface area contributed by atoms with Gasteiger partial charge in [-0.25, -0.2) is 17.6 Å². The predicted molar refractivity (Wildman–Crippen MR) is 136 cm³/mol. The second-order valence-corrected chi connectivity index (χ2v) is 11.8. The summed E-state index contributed by atoms with van der Waals surface area (Å²) in [6.45, 7) is -0.447. The number of ether oxygens (including phenoxy) is 1. The number of carbonyl (C=O) groups is 1. The van der Waals surface area contributed by atoms with Gasteiger partial charge in [-0.05, 0) is 77.7 Å². The summed E-state index contributed by atoms with van der Waals surface area (Å²) < 4.78 is 88.9. The van der Waals surface area contributed by atoms with E-state index in [0.29, 0.717) is 17.1 Å². The summed E-state index contributed by atoms with van der Waals surface area (Å²) in [7, 11) is -3.12. The van der Waals surface area contributed by atoms with Gasteiger partial charge in [-0.15, -0.1) is 11.3 Å². The number of halogens is 4. The fourth-order valence-electron chi connectivity index (χ4n) is 4.33. The topological polar surface area (TPSA) is 63.7 Å². The van der Waals surface area contributed by atoms with E-state index >= 15 is 0 Å². The summed E-state index contributed by atoms with van der Waals surface area (Å²) in [6.07, 6.45) is -3.21. The minimum absolute atomic E-state index is 0.0207. The lowest BCUT2D eigenvalue weighted by Gasteiger charge is -2.25. The van der Waals surface area contributed by atoms with Gasteiger partial charge in [-0.3, -0.25) is 4.31 Å². The molecule has 0 radical (unpaired) electrons. The lowest BCUT2D eigenvalue weighted by atomic mass is 10.1. The molecule has 11 heteroatoms. The fraction of sp³-hybridized carbons (Fsp3) is 0.222. The lowest BCUT2D eigenvalue weighted by Crippen LogP contribution is -2.31. The second kappa shape index (κ2) is 9.70. The molecular formula is C27H21F4NO4S2. The van der Waals surface area contributed by atoms with Crippen molar-refractivity contribution in [2.24, 2.45) is 0 Å². The number of benzene rings is 3. The molecular weight excluding hydrogens is 542 g/mol. The molecule has 5 rings (SSSR count). The SMILES string of the molecule is COC(=O)c1ccc(S(=O)(=O)N(Cc2ccc(F)c(C(F)(F)F)c2)c2sc3ccccc3c2C2CC2)cc1. The first-order chi connectivity index (χ1) is 18.0. The number of thiophene rings is 1. The molecule has 0 unspecified atom stereocenters. The molecule has 1 fully saturated rings. The molecule has 1 heterocycles. The zero-order chi connectivity index (χ0) is 27.2. The molecule has 3 aromatic carbocycles. The summed E-state index contributed by atoms with van der Waals surface area (Å²) in [6, 6.07) is 15.1. The van der Waals surface area contributed by atoms with Crippen LogP contribution in [-0.2, 0) is 27.5 Å². The Bertz CT molecular complexity index is 1630. The normalized spacial score (nSPS) is 14.0. The molecule has 0 amide bonds. The molecule has 198 valence electrons. The van der Waals surface area contributed by atoms with E-state index in [4.69, 9.17) is 0 Å². The van der Waals surface area contributed by atoms with Crippen molar-refractivity contribution in [3.05, 3.63) is 94.8 Å². The minimum Gasteiger partial charge on any atom is -0.465 e. The molecule has 0 N–H and O–H groups in total. The Morgan fingerprint density at radius 2 is 1.74 bits per heavy atom. The summed E-state index contributed by atoms with van der Waals surface area (Å²) in [5.74, 6) is -1.95. The maximum Gasteiger partial charge on any atom is 0.419 e. The van der Waals surface area contributed by atoms with Gasteiger partial charge in [0.05, 0.1) is 29.7 Å². The third-order valence-corrected chi connectivity index (χ3v) is 9.44. The minimum atomic E-state index is -4.94. The van der Waals surface area contributed by atoms with Crippen molar-refractivity contribution >= 4 is 42.4 Å². The van der Waals surface area contributed by atoms with Crippen molar-refractivity contribution in [2.45, 2.75) is 36.4 Å². The van der Waals surface area contributed by atoms with Crippen LogP contribution in [0.15, 0.2) is 71.6 Å². The monoisotopic (exact) mass is 563 g/mol. The van der Waals surface area contributed by atoms with Crippen molar-refractivity contribution in [3.8, 4) is 0 Å². The molecule has 0 saturated heterocycles. The number of anilines is 1. The summed E-state index contributed by atoms with van der Waals surface area (Å²) >= 11 is 1.24. The van der Waals surface area contributed by atoms with Gasteiger partial charge in [0, 0.05) is 4.70 Å². The number of hydrogen-bond donors (Lipinski definition) is 0. The van der Waals surface area contributed by atoms with Crippen molar-refractivity contribution < 1.29 is 35.5 Å². The molecule has 1 aliphatic rings. The average molecular weight is 564 g/mol. The molecule has 0 atom stereocenters. The number of rotatable bonds is 7. The summed E-state index contributed by atoms with van der Waals surface area (Å²) in [5.41, 5.74) is -0.508. The number of fused-ring (bicyclic) bond motifs is 1. The number of esters is 1. The van der Waals surface area contributed by atoms with Crippen molar-refractivity contribution in [1.29, 1.82) is 0 Å². The van der Waals surface area contributed by atoms with Crippen molar-refractivity contribution in [2.75, 3.05) is 11.4 Å². The van der Waals surface area contributed by atoms with Crippen LogP contribution in [0.1, 0.15) is 45.8 Å². The van der Waals surface area contributed by atoms with Crippen LogP contribution in [0, 0.1) is 5.82 Å². The number of carbonyl (C=O) groups excluding carboxylic acids is 1.